The molecule has 1 fully saturated rings. The van der Waals surface area contributed by atoms with E-state index in [4.69, 9.17) is 4.42 Å². The van der Waals surface area contributed by atoms with E-state index in [9.17, 15) is 14.4 Å². The summed E-state index contributed by atoms with van der Waals surface area (Å²) in [6, 6.07) is 7.81. The van der Waals surface area contributed by atoms with E-state index in [1.807, 2.05) is 0 Å². The maximum Gasteiger partial charge on any atom is 0.336 e. The molecule has 2 amide bonds. The van der Waals surface area contributed by atoms with Crippen molar-refractivity contribution in [2.24, 2.45) is 11.8 Å². The lowest BCUT2D eigenvalue weighted by Gasteiger charge is -2.34. The van der Waals surface area contributed by atoms with E-state index in [0.29, 0.717) is 41.6 Å². The minimum Gasteiger partial charge on any atom is -0.423 e. The summed E-state index contributed by atoms with van der Waals surface area (Å²) in [6.45, 7) is 5.40. The zero-order valence-electron chi connectivity index (χ0n) is 13.7. The molecule has 0 aliphatic carbocycles. The van der Waals surface area contributed by atoms with Crippen molar-refractivity contribution in [3.8, 4) is 0 Å². The summed E-state index contributed by atoms with van der Waals surface area (Å²) < 4.78 is 5.04. The van der Waals surface area contributed by atoms with Gasteiger partial charge in [0.25, 0.3) is 0 Å². The van der Waals surface area contributed by atoms with E-state index in [1.165, 1.54) is 6.07 Å². The van der Waals surface area contributed by atoms with Crippen molar-refractivity contribution in [2.45, 2.75) is 20.3 Å². The third-order valence-corrected chi connectivity index (χ3v) is 4.23. The van der Waals surface area contributed by atoms with Crippen LogP contribution >= 0.6 is 0 Å². The Balaban J connectivity index is 1.73. The van der Waals surface area contributed by atoms with Gasteiger partial charge in [0.1, 0.15) is 5.58 Å². The Morgan fingerprint density at radius 2 is 1.83 bits per heavy atom. The van der Waals surface area contributed by atoms with Gasteiger partial charge in [0.05, 0.1) is 0 Å². The maximum atomic E-state index is 12.4. The second-order valence-electron chi connectivity index (χ2n) is 6.62. The van der Waals surface area contributed by atoms with Crippen LogP contribution in [0.25, 0.3) is 11.0 Å². The van der Waals surface area contributed by atoms with Crippen LogP contribution in [0.4, 0.5) is 5.69 Å². The number of anilines is 1. The van der Waals surface area contributed by atoms with Crippen LogP contribution < -0.4 is 10.9 Å². The van der Waals surface area contributed by atoms with Gasteiger partial charge in [0.2, 0.25) is 0 Å². The number of likely N-dealkylation sites (tertiary alicyclic amines) is 1. The molecule has 1 aromatic heterocycles. The number of rotatable bonds is 1. The standard InChI is InChI=1S/C18H20N2O4/c1-11-7-12(2)10-20(9-11)18(23)17(22)19-14-4-5-15-13(8-14)3-6-16(21)24-15/h3-6,8,11-12H,7,9-10H2,1-2H3,(H,19,22). The summed E-state index contributed by atoms with van der Waals surface area (Å²) in [7, 11) is 0. The number of fused-ring (bicyclic) bond motifs is 1. The quantitative estimate of drug-likeness (QED) is 0.643. The SMILES string of the molecule is CC1CC(C)CN(C(=O)C(=O)Nc2ccc3oc(=O)ccc3c2)C1. The maximum absolute atomic E-state index is 12.4. The van der Waals surface area contributed by atoms with Crippen molar-refractivity contribution in [3.05, 3.63) is 40.8 Å². The Morgan fingerprint density at radius 1 is 1.12 bits per heavy atom. The summed E-state index contributed by atoms with van der Waals surface area (Å²) in [6.07, 6.45) is 1.07. The van der Waals surface area contributed by atoms with Gasteiger partial charge in [0.15, 0.2) is 0 Å². The first kappa shape index (κ1) is 16.2. The molecule has 2 aromatic rings. The van der Waals surface area contributed by atoms with Crippen LogP contribution in [0.5, 0.6) is 0 Å². The second kappa shape index (κ2) is 6.47. The third kappa shape index (κ3) is 3.48. The molecule has 1 aromatic carbocycles. The molecule has 2 unspecified atom stereocenters. The highest BCUT2D eigenvalue weighted by atomic mass is 16.4. The smallest absolute Gasteiger partial charge is 0.336 e. The molecule has 126 valence electrons. The van der Waals surface area contributed by atoms with E-state index in [-0.39, 0.29) is 0 Å². The van der Waals surface area contributed by atoms with Gasteiger partial charge in [-0.2, -0.15) is 0 Å². The summed E-state index contributed by atoms with van der Waals surface area (Å²) in [5.74, 6) is -0.357. The van der Waals surface area contributed by atoms with Crippen LogP contribution in [0.2, 0.25) is 0 Å². The molecule has 2 heterocycles. The molecule has 6 heteroatoms. The Bertz CT molecular complexity index is 832. The van der Waals surface area contributed by atoms with Gasteiger partial charge in [0, 0.05) is 30.2 Å². The molecule has 0 radical (unpaired) electrons. The molecule has 0 bridgehead atoms. The Labute approximate surface area is 139 Å². The zero-order chi connectivity index (χ0) is 17.3. The minimum atomic E-state index is -0.645. The lowest BCUT2D eigenvalue weighted by molar-refractivity contribution is -0.144. The molecule has 1 aliphatic rings. The number of nitrogens with one attached hydrogen (secondary N) is 1. The fraction of sp³-hybridized carbons (Fsp3) is 0.389. The van der Waals surface area contributed by atoms with Crippen molar-refractivity contribution in [3.63, 3.8) is 0 Å². The largest absolute Gasteiger partial charge is 0.423 e. The summed E-state index contributed by atoms with van der Waals surface area (Å²) in [4.78, 5) is 37.4. The van der Waals surface area contributed by atoms with Crippen molar-refractivity contribution in [1.29, 1.82) is 0 Å². The number of benzene rings is 1. The fourth-order valence-corrected chi connectivity index (χ4v) is 3.31. The van der Waals surface area contributed by atoms with Crippen LogP contribution in [-0.4, -0.2) is 29.8 Å². The van der Waals surface area contributed by atoms with Crippen molar-refractivity contribution in [1.82, 2.24) is 4.90 Å². The van der Waals surface area contributed by atoms with Gasteiger partial charge in [-0.25, -0.2) is 4.79 Å². The monoisotopic (exact) mass is 328 g/mol. The van der Waals surface area contributed by atoms with Crippen molar-refractivity contribution < 1.29 is 14.0 Å². The van der Waals surface area contributed by atoms with Crippen LogP contribution in [-0.2, 0) is 9.59 Å². The van der Waals surface area contributed by atoms with Gasteiger partial charge in [-0.05, 0) is 42.5 Å². The first-order chi connectivity index (χ1) is 11.4. The van der Waals surface area contributed by atoms with Gasteiger partial charge < -0.3 is 14.6 Å². The van der Waals surface area contributed by atoms with Crippen LogP contribution in [0.3, 0.4) is 0 Å². The number of hydrogen-bond acceptors (Lipinski definition) is 4. The lowest BCUT2D eigenvalue weighted by atomic mass is 9.92. The van der Waals surface area contributed by atoms with Crippen LogP contribution in [0, 0.1) is 11.8 Å². The Kier molecular flexibility index (Phi) is 4.38. The highest BCUT2D eigenvalue weighted by molar-refractivity contribution is 6.39. The van der Waals surface area contributed by atoms with Gasteiger partial charge in [-0.1, -0.05) is 13.8 Å². The van der Waals surface area contributed by atoms with E-state index in [0.717, 1.165) is 6.42 Å². The van der Waals surface area contributed by atoms with E-state index in [1.54, 1.807) is 29.2 Å². The first-order valence-electron chi connectivity index (χ1n) is 8.06. The first-order valence-corrected chi connectivity index (χ1v) is 8.06. The van der Waals surface area contributed by atoms with E-state index >= 15 is 0 Å². The average molecular weight is 328 g/mol. The zero-order valence-corrected chi connectivity index (χ0v) is 13.7. The number of piperidine rings is 1. The molecule has 1 saturated heterocycles. The second-order valence-corrected chi connectivity index (χ2v) is 6.62. The Hall–Kier alpha value is -2.63. The Morgan fingerprint density at radius 3 is 2.54 bits per heavy atom. The predicted octanol–water partition coefficient (Wildman–Crippen LogP) is 2.24. The number of nitrogens with zero attached hydrogens (tertiary/aromatic N) is 1. The molecule has 6 nitrogen and oxygen atoms in total. The summed E-state index contributed by atoms with van der Waals surface area (Å²) in [5, 5.41) is 3.31. The molecule has 1 aliphatic heterocycles. The molecule has 2 atom stereocenters. The van der Waals surface area contributed by atoms with Crippen LogP contribution in [0.15, 0.2) is 39.5 Å². The summed E-state index contributed by atoms with van der Waals surface area (Å²) in [5.41, 5.74) is 0.501. The average Bonchev–Trinajstić information content (AvgIpc) is 2.53. The van der Waals surface area contributed by atoms with Crippen molar-refractivity contribution >= 4 is 28.5 Å². The molecule has 1 N–H and O–H groups in total. The molecule has 0 saturated carbocycles. The van der Waals surface area contributed by atoms with E-state index < -0.39 is 17.4 Å². The molecular formula is C18H20N2O4. The number of hydrogen-bond donors (Lipinski definition) is 1. The molecule has 3 rings (SSSR count). The fourth-order valence-electron chi connectivity index (χ4n) is 3.31. The van der Waals surface area contributed by atoms with Gasteiger partial charge in [-0.15, -0.1) is 0 Å². The highest BCUT2D eigenvalue weighted by Crippen LogP contribution is 2.22. The summed E-state index contributed by atoms with van der Waals surface area (Å²) >= 11 is 0. The normalized spacial score (nSPS) is 20.8. The third-order valence-electron chi connectivity index (χ3n) is 4.23. The van der Waals surface area contributed by atoms with Gasteiger partial charge in [-0.3, -0.25) is 9.59 Å². The highest BCUT2D eigenvalue weighted by Gasteiger charge is 2.29. The lowest BCUT2D eigenvalue weighted by Crippen LogP contribution is -2.47. The molecule has 24 heavy (non-hydrogen) atoms. The topological polar surface area (TPSA) is 79.6 Å². The number of amides is 2. The van der Waals surface area contributed by atoms with Crippen molar-refractivity contribution in [2.75, 3.05) is 18.4 Å². The predicted molar refractivity (Wildman–Crippen MR) is 90.6 cm³/mol. The number of carbonyl (C=O) groups excluding carboxylic acids is 2. The van der Waals surface area contributed by atoms with E-state index in [2.05, 4.69) is 19.2 Å². The van der Waals surface area contributed by atoms with Crippen LogP contribution in [0.1, 0.15) is 20.3 Å². The molecular weight excluding hydrogens is 308 g/mol. The molecule has 0 spiro atoms. The van der Waals surface area contributed by atoms with Gasteiger partial charge >= 0.3 is 17.4 Å². The minimum absolute atomic E-state index is 0.397. The number of carbonyl (C=O) groups is 2.